The maximum atomic E-state index is 2.42. The fourth-order valence-electron chi connectivity index (χ4n) is 10.0. The molecule has 9 aromatic carbocycles. The molecule has 0 fully saturated rings. The SMILES string of the molecule is Cc1cccc(-n2c3ccccc3c3cc(-c4ccc(N(c5ccc(-c6cccc7c6sc6ccccc67)cc5)c5ccc6c(c5)C(C)(C)c5ccccc5-6)cc4)ccc32)c1. The summed E-state index contributed by atoms with van der Waals surface area (Å²) in [5, 5.41) is 5.17. The first-order valence-corrected chi connectivity index (χ1v) is 22.0. The lowest BCUT2D eigenvalue weighted by Crippen LogP contribution is -2.16. The van der Waals surface area contributed by atoms with E-state index in [9.17, 15) is 0 Å². The molecule has 11 aromatic rings. The van der Waals surface area contributed by atoms with Gasteiger partial charge in [0.05, 0.1) is 11.0 Å². The Hall–Kier alpha value is -7.20. The standard InChI is InChI=1S/C58H42N2S/c1-37-12-10-13-43(34-37)60-54-20-8-5-15-48(54)51-35-40(26-33-55(51)60)38-22-27-41(28-23-38)59(44-31-32-47-46-14-4-7-19-52(46)58(2,3)53(47)36-44)42-29-24-39(25-30-42)45-17-11-18-50-49-16-6-9-21-56(49)61-57(45)50/h4-36H,1-3H3. The Morgan fingerprint density at radius 2 is 1.05 bits per heavy atom. The lowest BCUT2D eigenvalue weighted by molar-refractivity contribution is 0.660. The van der Waals surface area contributed by atoms with Crippen molar-refractivity contribution >= 4 is 70.4 Å². The van der Waals surface area contributed by atoms with Crippen LogP contribution in [0.3, 0.4) is 0 Å². The molecule has 0 aliphatic heterocycles. The predicted molar refractivity (Wildman–Crippen MR) is 262 cm³/mol. The van der Waals surface area contributed by atoms with E-state index in [1.165, 1.54) is 97.7 Å². The molecule has 0 amide bonds. The van der Waals surface area contributed by atoms with E-state index in [4.69, 9.17) is 0 Å². The van der Waals surface area contributed by atoms with E-state index in [0.717, 1.165) is 17.1 Å². The Morgan fingerprint density at radius 1 is 0.426 bits per heavy atom. The average molecular weight is 799 g/mol. The summed E-state index contributed by atoms with van der Waals surface area (Å²) in [7, 11) is 0. The number of benzene rings is 9. The third-order valence-electron chi connectivity index (χ3n) is 13.1. The smallest absolute Gasteiger partial charge is 0.0541 e. The van der Waals surface area contributed by atoms with E-state index in [1.807, 2.05) is 11.3 Å². The van der Waals surface area contributed by atoms with Gasteiger partial charge < -0.3 is 9.47 Å². The molecular formula is C58H42N2S. The molecule has 2 nitrogen and oxygen atoms in total. The molecule has 12 rings (SSSR count). The summed E-state index contributed by atoms with van der Waals surface area (Å²) in [6.07, 6.45) is 0. The van der Waals surface area contributed by atoms with Gasteiger partial charge in [-0.05, 0) is 130 Å². The molecule has 2 aromatic heterocycles. The summed E-state index contributed by atoms with van der Waals surface area (Å²) in [6.45, 7) is 6.88. The first-order valence-electron chi connectivity index (χ1n) is 21.2. The summed E-state index contributed by atoms with van der Waals surface area (Å²) in [5.74, 6) is 0. The Morgan fingerprint density at radius 3 is 1.87 bits per heavy atom. The van der Waals surface area contributed by atoms with Crippen molar-refractivity contribution in [3.05, 3.63) is 217 Å². The highest BCUT2D eigenvalue weighted by Gasteiger charge is 2.35. The van der Waals surface area contributed by atoms with Crippen molar-refractivity contribution in [3.8, 4) is 39.1 Å². The van der Waals surface area contributed by atoms with Gasteiger partial charge in [0.2, 0.25) is 0 Å². The summed E-state index contributed by atoms with van der Waals surface area (Å²) < 4.78 is 5.06. The number of aromatic nitrogens is 1. The highest BCUT2D eigenvalue weighted by molar-refractivity contribution is 7.26. The van der Waals surface area contributed by atoms with E-state index >= 15 is 0 Å². The van der Waals surface area contributed by atoms with Crippen molar-refractivity contribution in [1.82, 2.24) is 4.57 Å². The minimum absolute atomic E-state index is 0.106. The molecule has 0 atom stereocenters. The first-order chi connectivity index (χ1) is 29.9. The molecule has 1 aliphatic rings. The minimum Gasteiger partial charge on any atom is -0.310 e. The first kappa shape index (κ1) is 35.7. The third kappa shape index (κ3) is 5.61. The largest absolute Gasteiger partial charge is 0.310 e. The van der Waals surface area contributed by atoms with Gasteiger partial charge in [0.1, 0.15) is 0 Å². The number of thiophene rings is 1. The Balaban J connectivity index is 0.962. The molecule has 290 valence electrons. The molecule has 0 saturated heterocycles. The van der Waals surface area contributed by atoms with E-state index in [0.29, 0.717) is 0 Å². The van der Waals surface area contributed by atoms with Crippen molar-refractivity contribution in [2.24, 2.45) is 0 Å². The normalized spacial score (nSPS) is 13.0. The Labute approximate surface area is 360 Å². The van der Waals surface area contributed by atoms with Gasteiger partial charge in [-0.15, -0.1) is 11.3 Å². The molecule has 0 spiro atoms. The summed E-state index contributed by atoms with van der Waals surface area (Å²) in [4.78, 5) is 2.42. The number of anilines is 3. The number of hydrogen-bond donors (Lipinski definition) is 0. The van der Waals surface area contributed by atoms with Crippen molar-refractivity contribution in [1.29, 1.82) is 0 Å². The zero-order chi connectivity index (χ0) is 40.8. The monoisotopic (exact) mass is 798 g/mol. The van der Waals surface area contributed by atoms with Crippen molar-refractivity contribution in [2.45, 2.75) is 26.2 Å². The predicted octanol–water partition coefficient (Wildman–Crippen LogP) is 16.6. The zero-order valence-corrected chi connectivity index (χ0v) is 35.2. The summed E-state index contributed by atoms with van der Waals surface area (Å²) in [5.41, 5.74) is 18.5. The van der Waals surface area contributed by atoms with Crippen LogP contribution in [0.2, 0.25) is 0 Å². The van der Waals surface area contributed by atoms with E-state index in [-0.39, 0.29) is 5.41 Å². The van der Waals surface area contributed by atoms with E-state index in [2.05, 4.69) is 230 Å². The molecule has 0 unspecified atom stereocenters. The molecule has 0 bridgehead atoms. The van der Waals surface area contributed by atoms with Gasteiger partial charge >= 0.3 is 0 Å². The molecule has 1 aliphatic carbocycles. The van der Waals surface area contributed by atoms with Crippen molar-refractivity contribution in [2.75, 3.05) is 4.90 Å². The third-order valence-corrected chi connectivity index (χ3v) is 14.3. The van der Waals surface area contributed by atoms with Crippen LogP contribution in [0.25, 0.3) is 81.0 Å². The molecule has 61 heavy (non-hydrogen) atoms. The highest BCUT2D eigenvalue weighted by atomic mass is 32.1. The maximum Gasteiger partial charge on any atom is 0.0541 e. The van der Waals surface area contributed by atoms with Crippen LogP contribution in [-0.4, -0.2) is 4.57 Å². The molecular weight excluding hydrogens is 757 g/mol. The number of hydrogen-bond acceptors (Lipinski definition) is 2. The van der Waals surface area contributed by atoms with Gasteiger partial charge in [-0.3, -0.25) is 0 Å². The quantitative estimate of drug-likeness (QED) is 0.163. The molecule has 2 heterocycles. The lowest BCUT2D eigenvalue weighted by Gasteiger charge is -2.28. The van der Waals surface area contributed by atoms with Crippen LogP contribution >= 0.6 is 11.3 Å². The van der Waals surface area contributed by atoms with Crippen LogP contribution in [0.5, 0.6) is 0 Å². The second-order valence-corrected chi connectivity index (χ2v) is 18.1. The van der Waals surface area contributed by atoms with Gasteiger partial charge in [-0.2, -0.15) is 0 Å². The van der Waals surface area contributed by atoms with Gasteiger partial charge in [0.15, 0.2) is 0 Å². The van der Waals surface area contributed by atoms with Gasteiger partial charge in [-0.25, -0.2) is 0 Å². The van der Waals surface area contributed by atoms with Crippen molar-refractivity contribution < 1.29 is 0 Å². The number of fused-ring (bicyclic) bond motifs is 9. The maximum absolute atomic E-state index is 2.42. The van der Waals surface area contributed by atoms with Crippen LogP contribution in [-0.2, 0) is 5.41 Å². The van der Waals surface area contributed by atoms with Crippen LogP contribution in [0.15, 0.2) is 200 Å². The Kier molecular flexibility index (Phi) is 8.01. The summed E-state index contributed by atoms with van der Waals surface area (Å²) in [6, 6.07) is 74.2. The van der Waals surface area contributed by atoms with E-state index in [1.54, 1.807) is 0 Å². The molecule has 0 saturated carbocycles. The van der Waals surface area contributed by atoms with Crippen LogP contribution < -0.4 is 4.90 Å². The van der Waals surface area contributed by atoms with Crippen LogP contribution in [0.1, 0.15) is 30.5 Å². The second-order valence-electron chi connectivity index (χ2n) is 17.0. The summed E-state index contributed by atoms with van der Waals surface area (Å²) >= 11 is 1.88. The number of aryl methyl sites for hydroxylation is 1. The molecule has 0 radical (unpaired) electrons. The topological polar surface area (TPSA) is 8.17 Å². The Bertz CT molecular complexity index is 3510. The number of rotatable bonds is 6. The average Bonchev–Trinajstić information content (AvgIpc) is 3.92. The molecule has 3 heteroatoms. The lowest BCUT2D eigenvalue weighted by atomic mass is 9.82. The molecule has 0 N–H and O–H groups in total. The van der Waals surface area contributed by atoms with Crippen LogP contribution in [0, 0.1) is 6.92 Å². The van der Waals surface area contributed by atoms with Gasteiger partial charge in [0.25, 0.3) is 0 Å². The van der Waals surface area contributed by atoms with Gasteiger partial charge in [0, 0.05) is 59.1 Å². The number of nitrogens with zero attached hydrogens (tertiary/aromatic N) is 2. The van der Waals surface area contributed by atoms with Gasteiger partial charge in [-0.1, -0.05) is 141 Å². The zero-order valence-electron chi connectivity index (χ0n) is 34.4. The van der Waals surface area contributed by atoms with E-state index < -0.39 is 0 Å². The minimum atomic E-state index is -0.106. The number of para-hydroxylation sites is 1. The fraction of sp³-hybridized carbons (Fsp3) is 0.0690. The van der Waals surface area contributed by atoms with Crippen LogP contribution in [0.4, 0.5) is 17.1 Å². The van der Waals surface area contributed by atoms with Crippen molar-refractivity contribution in [3.63, 3.8) is 0 Å². The second kappa shape index (κ2) is 13.7. The highest BCUT2D eigenvalue weighted by Crippen LogP contribution is 2.51. The fourth-order valence-corrected chi connectivity index (χ4v) is 11.3.